The minimum absolute atomic E-state index is 0.173. The van der Waals surface area contributed by atoms with E-state index in [9.17, 15) is 5.11 Å². The van der Waals surface area contributed by atoms with Crippen LogP contribution in [0.5, 0.6) is 0 Å². The van der Waals surface area contributed by atoms with Gasteiger partial charge in [-0.2, -0.15) is 0 Å². The van der Waals surface area contributed by atoms with Crippen LogP contribution in [-0.4, -0.2) is 17.3 Å². The zero-order valence-corrected chi connectivity index (χ0v) is 6.81. The molecule has 0 aromatic carbocycles. The first-order valence-corrected chi connectivity index (χ1v) is 4.48. The molecule has 2 aliphatic rings. The molecule has 2 heteroatoms. The van der Waals surface area contributed by atoms with Crippen LogP contribution in [-0.2, 0) is 4.74 Å². The van der Waals surface area contributed by atoms with Gasteiger partial charge >= 0.3 is 0 Å². The Kier molecular flexibility index (Phi) is 1.90. The molecule has 2 rings (SSSR count). The molecule has 1 N–H and O–H groups in total. The van der Waals surface area contributed by atoms with Gasteiger partial charge in [-0.15, -0.1) is 0 Å². The monoisotopic (exact) mass is 155 g/mol. The number of ether oxygens (including phenoxy) is 1. The van der Waals surface area contributed by atoms with Crippen LogP contribution in [0.4, 0.5) is 0 Å². The fourth-order valence-corrected chi connectivity index (χ4v) is 2.14. The maximum absolute atomic E-state index is 9.21. The fraction of sp³-hybridized carbons (Fsp3) is 0.889. The van der Waals surface area contributed by atoms with E-state index in [1.165, 1.54) is 12.8 Å². The first-order valence-electron chi connectivity index (χ1n) is 4.48. The minimum Gasteiger partial charge on any atom is -0.387 e. The Morgan fingerprint density at radius 3 is 2.45 bits per heavy atom. The second kappa shape index (κ2) is 2.76. The standard InChI is InChI=1S/C9H15O2/c10-8-2-5-9(6-3-8)4-1-7-11-9/h10H,1-7H2. The molecule has 1 aliphatic heterocycles. The lowest BCUT2D eigenvalue weighted by molar-refractivity contribution is -0.0321. The van der Waals surface area contributed by atoms with E-state index in [2.05, 4.69) is 0 Å². The van der Waals surface area contributed by atoms with Gasteiger partial charge in [0.15, 0.2) is 0 Å². The summed E-state index contributed by atoms with van der Waals surface area (Å²) >= 11 is 0. The van der Waals surface area contributed by atoms with Crippen LogP contribution in [0.15, 0.2) is 0 Å². The van der Waals surface area contributed by atoms with Crippen molar-refractivity contribution in [1.29, 1.82) is 0 Å². The molecule has 11 heavy (non-hydrogen) atoms. The molecule has 0 atom stereocenters. The van der Waals surface area contributed by atoms with Crippen molar-refractivity contribution in [3.05, 3.63) is 6.10 Å². The minimum atomic E-state index is 0.173. The third-order valence-corrected chi connectivity index (χ3v) is 2.92. The van der Waals surface area contributed by atoms with Gasteiger partial charge in [0.1, 0.15) is 0 Å². The van der Waals surface area contributed by atoms with Crippen LogP contribution in [0.1, 0.15) is 38.5 Å². The molecule has 0 amide bonds. The number of aliphatic hydroxyl groups is 1. The lowest BCUT2D eigenvalue weighted by atomic mass is 9.81. The lowest BCUT2D eigenvalue weighted by Crippen LogP contribution is -2.32. The van der Waals surface area contributed by atoms with Crippen molar-refractivity contribution < 1.29 is 9.84 Å². The Balaban J connectivity index is 1.94. The first-order chi connectivity index (χ1) is 5.31. The summed E-state index contributed by atoms with van der Waals surface area (Å²) in [6.45, 7) is 0.931. The molecule has 1 spiro atoms. The molecule has 0 aromatic rings. The van der Waals surface area contributed by atoms with Gasteiger partial charge in [0.05, 0.1) is 11.7 Å². The SMILES string of the molecule is O[C]1CCC2(CCCO2)CC1. The lowest BCUT2D eigenvalue weighted by Gasteiger charge is -2.34. The molecular weight excluding hydrogens is 140 g/mol. The van der Waals surface area contributed by atoms with Gasteiger partial charge in [-0.25, -0.2) is 0 Å². The van der Waals surface area contributed by atoms with Crippen LogP contribution < -0.4 is 0 Å². The highest BCUT2D eigenvalue weighted by molar-refractivity contribution is 4.95. The Labute approximate surface area is 67.6 Å². The van der Waals surface area contributed by atoms with Gasteiger partial charge < -0.3 is 9.84 Å². The summed E-state index contributed by atoms with van der Waals surface area (Å²) < 4.78 is 5.71. The maximum Gasteiger partial charge on any atom is 0.0935 e. The molecule has 1 saturated heterocycles. The van der Waals surface area contributed by atoms with Crippen molar-refractivity contribution in [3.8, 4) is 0 Å². The summed E-state index contributed by atoms with van der Waals surface area (Å²) in [6.07, 6.45) is 6.89. The highest BCUT2D eigenvalue weighted by Crippen LogP contribution is 2.41. The average molecular weight is 155 g/mol. The Morgan fingerprint density at radius 1 is 1.18 bits per heavy atom. The van der Waals surface area contributed by atoms with Gasteiger partial charge in [-0.05, 0) is 38.5 Å². The Hall–Kier alpha value is -0.0800. The van der Waals surface area contributed by atoms with Crippen molar-refractivity contribution in [2.75, 3.05) is 6.61 Å². The molecule has 1 radical (unpaired) electrons. The van der Waals surface area contributed by atoms with Gasteiger partial charge in [0.25, 0.3) is 0 Å². The molecule has 1 heterocycles. The largest absolute Gasteiger partial charge is 0.387 e. The normalized spacial score (nSPS) is 31.4. The number of rotatable bonds is 0. The average Bonchev–Trinajstić information content (AvgIpc) is 2.45. The second-order valence-corrected chi connectivity index (χ2v) is 3.70. The zero-order chi connectivity index (χ0) is 7.73. The van der Waals surface area contributed by atoms with Crippen LogP contribution in [0.3, 0.4) is 0 Å². The maximum atomic E-state index is 9.21. The summed E-state index contributed by atoms with van der Waals surface area (Å²) in [4.78, 5) is 0. The van der Waals surface area contributed by atoms with Crippen molar-refractivity contribution in [2.45, 2.75) is 44.1 Å². The van der Waals surface area contributed by atoms with E-state index in [1.807, 2.05) is 0 Å². The fourth-order valence-electron chi connectivity index (χ4n) is 2.14. The van der Waals surface area contributed by atoms with Crippen LogP contribution >= 0.6 is 0 Å². The van der Waals surface area contributed by atoms with E-state index in [1.54, 1.807) is 0 Å². The molecule has 1 saturated carbocycles. The van der Waals surface area contributed by atoms with Gasteiger partial charge in [-0.3, -0.25) is 0 Å². The van der Waals surface area contributed by atoms with Crippen molar-refractivity contribution in [3.63, 3.8) is 0 Å². The number of aliphatic hydroxyl groups excluding tert-OH is 1. The highest BCUT2D eigenvalue weighted by Gasteiger charge is 2.38. The summed E-state index contributed by atoms with van der Waals surface area (Å²) in [6, 6.07) is 0. The number of hydrogen-bond acceptors (Lipinski definition) is 2. The number of hydrogen-bond donors (Lipinski definition) is 1. The van der Waals surface area contributed by atoms with Crippen LogP contribution in [0.25, 0.3) is 0 Å². The summed E-state index contributed by atoms with van der Waals surface area (Å²) in [5.74, 6) is 0. The Bertz CT molecular complexity index is 128. The topological polar surface area (TPSA) is 29.5 Å². The van der Waals surface area contributed by atoms with Crippen LogP contribution in [0, 0.1) is 6.10 Å². The molecular formula is C9H15O2. The predicted octanol–water partition coefficient (Wildman–Crippen LogP) is 2.01. The van der Waals surface area contributed by atoms with Crippen molar-refractivity contribution in [2.24, 2.45) is 0 Å². The van der Waals surface area contributed by atoms with Gasteiger partial charge in [0.2, 0.25) is 0 Å². The Morgan fingerprint density at radius 2 is 1.91 bits per heavy atom. The third kappa shape index (κ3) is 1.42. The van der Waals surface area contributed by atoms with Gasteiger partial charge in [-0.1, -0.05) is 0 Å². The predicted molar refractivity (Wildman–Crippen MR) is 41.6 cm³/mol. The first kappa shape index (κ1) is 7.56. The summed E-state index contributed by atoms with van der Waals surface area (Å²) in [7, 11) is 0. The third-order valence-electron chi connectivity index (χ3n) is 2.92. The van der Waals surface area contributed by atoms with Crippen molar-refractivity contribution >= 4 is 0 Å². The van der Waals surface area contributed by atoms with E-state index in [4.69, 9.17) is 4.74 Å². The molecule has 2 fully saturated rings. The smallest absolute Gasteiger partial charge is 0.0935 e. The zero-order valence-electron chi connectivity index (χ0n) is 6.81. The molecule has 0 aromatic heterocycles. The second-order valence-electron chi connectivity index (χ2n) is 3.70. The molecule has 63 valence electrons. The van der Waals surface area contributed by atoms with E-state index in [-0.39, 0.29) is 5.60 Å². The summed E-state index contributed by atoms with van der Waals surface area (Å²) in [5.41, 5.74) is 0.173. The van der Waals surface area contributed by atoms with Gasteiger partial charge in [0, 0.05) is 6.61 Å². The van der Waals surface area contributed by atoms with E-state index >= 15 is 0 Å². The van der Waals surface area contributed by atoms with E-state index in [0.29, 0.717) is 6.10 Å². The quantitative estimate of drug-likeness (QED) is 0.580. The van der Waals surface area contributed by atoms with E-state index < -0.39 is 0 Å². The van der Waals surface area contributed by atoms with Crippen molar-refractivity contribution in [1.82, 2.24) is 0 Å². The molecule has 2 nitrogen and oxygen atoms in total. The summed E-state index contributed by atoms with van der Waals surface area (Å²) in [5, 5.41) is 9.21. The molecule has 1 aliphatic carbocycles. The molecule has 0 unspecified atom stereocenters. The van der Waals surface area contributed by atoms with E-state index in [0.717, 1.165) is 32.3 Å². The molecule has 0 bridgehead atoms. The highest BCUT2D eigenvalue weighted by atomic mass is 16.5. The van der Waals surface area contributed by atoms with Crippen LogP contribution in [0.2, 0.25) is 0 Å².